The summed E-state index contributed by atoms with van der Waals surface area (Å²) in [6.45, 7) is 0.256. The summed E-state index contributed by atoms with van der Waals surface area (Å²) in [5.74, 6) is -1.84. The number of carbonyl (C=O) groups is 3. The van der Waals surface area contributed by atoms with Crippen molar-refractivity contribution in [3.05, 3.63) is 35.9 Å². The van der Waals surface area contributed by atoms with Gasteiger partial charge in [-0.3, -0.25) is 9.59 Å². The zero-order chi connectivity index (χ0) is 17.8. The number of carbonyl (C=O) groups excluding carboxylic acids is 2. The first-order valence-corrected chi connectivity index (χ1v) is 8.05. The van der Waals surface area contributed by atoms with Gasteiger partial charge in [0, 0.05) is 6.42 Å². The summed E-state index contributed by atoms with van der Waals surface area (Å²) in [5.41, 5.74) is 6.41. The van der Waals surface area contributed by atoms with Crippen molar-refractivity contribution in [2.75, 3.05) is 13.1 Å². The zero-order valence-corrected chi connectivity index (χ0v) is 13.7. The van der Waals surface area contributed by atoms with Crippen LogP contribution in [0.2, 0.25) is 0 Å². The molecule has 5 N–H and O–H groups in total. The molecule has 0 saturated heterocycles. The van der Waals surface area contributed by atoms with Crippen molar-refractivity contribution < 1.29 is 19.5 Å². The van der Waals surface area contributed by atoms with Crippen LogP contribution >= 0.6 is 0 Å². The van der Waals surface area contributed by atoms with E-state index in [2.05, 4.69) is 10.6 Å². The van der Waals surface area contributed by atoms with Gasteiger partial charge in [-0.2, -0.15) is 0 Å². The van der Waals surface area contributed by atoms with E-state index in [1.54, 1.807) is 0 Å². The minimum absolute atomic E-state index is 0.228. The Hall–Kier alpha value is -2.41. The standard InChI is InChI=1S/C17H25N3O4/c18-11-5-4-8-14(17(23)24)20-16(22)12-19-15(21)10-9-13-6-2-1-3-7-13/h1-3,6-7,14H,4-5,8-12,18H2,(H,19,21)(H,20,22)(H,23,24). The second-order valence-electron chi connectivity index (χ2n) is 5.51. The van der Waals surface area contributed by atoms with Crippen LogP contribution < -0.4 is 16.4 Å². The third-order valence-corrected chi connectivity index (χ3v) is 3.51. The van der Waals surface area contributed by atoms with Crippen LogP contribution in [0.4, 0.5) is 0 Å². The number of aliphatic carboxylic acids is 1. The number of benzene rings is 1. The van der Waals surface area contributed by atoms with Gasteiger partial charge in [-0.1, -0.05) is 30.3 Å². The summed E-state index contributed by atoms with van der Waals surface area (Å²) >= 11 is 0. The largest absolute Gasteiger partial charge is 0.480 e. The average molecular weight is 335 g/mol. The highest BCUT2D eigenvalue weighted by Gasteiger charge is 2.19. The fourth-order valence-corrected chi connectivity index (χ4v) is 2.17. The predicted octanol–water partition coefficient (Wildman–Crippen LogP) is 0.434. The monoisotopic (exact) mass is 335 g/mol. The van der Waals surface area contributed by atoms with Gasteiger partial charge in [-0.25, -0.2) is 4.79 Å². The Labute approximate surface area is 141 Å². The van der Waals surface area contributed by atoms with Gasteiger partial charge in [0.1, 0.15) is 6.04 Å². The minimum Gasteiger partial charge on any atom is -0.480 e. The van der Waals surface area contributed by atoms with Crippen molar-refractivity contribution in [3.63, 3.8) is 0 Å². The number of hydrogen-bond donors (Lipinski definition) is 4. The molecular weight excluding hydrogens is 310 g/mol. The van der Waals surface area contributed by atoms with Gasteiger partial charge < -0.3 is 21.5 Å². The number of amides is 2. The van der Waals surface area contributed by atoms with Gasteiger partial charge in [0.2, 0.25) is 11.8 Å². The molecule has 0 saturated carbocycles. The molecule has 24 heavy (non-hydrogen) atoms. The van der Waals surface area contributed by atoms with E-state index in [-0.39, 0.29) is 18.9 Å². The highest BCUT2D eigenvalue weighted by molar-refractivity contribution is 5.87. The average Bonchev–Trinajstić information content (AvgIpc) is 2.58. The first-order valence-electron chi connectivity index (χ1n) is 8.05. The van der Waals surface area contributed by atoms with Crippen molar-refractivity contribution in [1.82, 2.24) is 10.6 Å². The summed E-state index contributed by atoms with van der Waals surface area (Å²) < 4.78 is 0. The molecule has 1 rings (SSSR count). The molecule has 1 aromatic rings. The molecule has 1 unspecified atom stereocenters. The highest BCUT2D eigenvalue weighted by Crippen LogP contribution is 2.02. The van der Waals surface area contributed by atoms with Crippen LogP contribution in [0.25, 0.3) is 0 Å². The molecule has 0 radical (unpaired) electrons. The van der Waals surface area contributed by atoms with Gasteiger partial charge in [0.25, 0.3) is 0 Å². The number of carboxylic acid groups (broad SMARTS) is 1. The quantitative estimate of drug-likeness (QED) is 0.437. The van der Waals surface area contributed by atoms with Crippen LogP contribution in [0.5, 0.6) is 0 Å². The third-order valence-electron chi connectivity index (χ3n) is 3.51. The molecule has 2 amide bonds. The van der Waals surface area contributed by atoms with Crippen molar-refractivity contribution in [2.24, 2.45) is 5.73 Å². The van der Waals surface area contributed by atoms with Gasteiger partial charge in [0.05, 0.1) is 6.54 Å². The molecule has 1 aromatic carbocycles. The molecule has 132 valence electrons. The summed E-state index contributed by atoms with van der Waals surface area (Å²) in [4.78, 5) is 34.6. The highest BCUT2D eigenvalue weighted by atomic mass is 16.4. The van der Waals surface area contributed by atoms with Gasteiger partial charge in [0.15, 0.2) is 0 Å². The lowest BCUT2D eigenvalue weighted by atomic mass is 10.1. The first-order chi connectivity index (χ1) is 11.5. The third kappa shape index (κ3) is 8.28. The van der Waals surface area contributed by atoms with Crippen LogP contribution in [0, 0.1) is 0 Å². The normalized spacial score (nSPS) is 11.5. The van der Waals surface area contributed by atoms with Gasteiger partial charge >= 0.3 is 5.97 Å². The molecule has 0 heterocycles. The Kier molecular flexibility index (Phi) is 9.14. The fourth-order valence-electron chi connectivity index (χ4n) is 2.17. The van der Waals surface area contributed by atoms with Crippen LogP contribution in [0.3, 0.4) is 0 Å². The number of hydrogen-bond acceptors (Lipinski definition) is 4. The Morgan fingerprint density at radius 2 is 1.79 bits per heavy atom. The van der Waals surface area contributed by atoms with Gasteiger partial charge in [-0.15, -0.1) is 0 Å². The van der Waals surface area contributed by atoms with Crippen molar-refractivity contribution >= 4 is 17.8 Å². The van der Waals surface area contributed by atoms with E-state index in [9.17, 15) is 14.4 Å². The maximum absolute atomic E-state index is 11.8. The molecule has 0 fully saturated rings. The van der Waals surface area contributed by atoms with E-state index < -0.39 is 17.9 Å². The molecule has 7 heteroatoms. The number of carboxylic acids is 1. The summed E-state index contributed by atoms with van der Waals surface area (Å²) in [6, 6.07) is 8.61. The fraction of sp³-hybridized carbons (Fsp3) is 0.471. The molecule has 0 aromatic heterocycles. The Balaban J connectivity index is 2.27. The van der Waals surface area contributed by atoms with E-state index in [1.807, 2.05) is 30.3 Å². The molecule has 0 aliphatic carbocycles. The van der Waals surface area contributed by atoms with Crippen molar-refractivity contribution in [2.45, 2.75) is 38.1 Å². The van der Waals surface area contributed by atoms with Crippen LogP contribution in [-0.4, -0.2) is 42.0 Å². The number of unbranched alkanes of at least 4 members (excludes halogenated alkanes) is 1. The Morgan fingerprint density at radius 1 is 1.08 bits per heavy atom. The molecule has 7 nitrogen and oxygen atoms in total. The lowest BCUT2D eigenvalue weighted by molar-refractivity contribution is -0.142. The van der Waals surface area contributed by atoms with E-state index in [0.29, 0.717) is 32.2 Å². The van der Waals surface area contributed by atoms with Gasteiger partial charge in [-0.05, 0) is 37.8 Å². The second kappa shape index (κ2) is 11.2. The summed E-state index contributed by atoms with van der Waals surface area (Å²) in [6.07, 6.45) is 2.51. The minimum atomic E-state index is -1.09. The maximum atomic E-state index is 11.8. The van der Waals surface area contributed by atoms with E-state index in [4.69, 9.17) is 10.8 Å². The van der Waals surface area contributed by atoms with E-state index >= 15 is 0 Å². The number of nitrogens with one attached hydrogen (secondary N) is 2. The topological polar surface area (TPSA) is 122 Å². The SMILES string of the molecule is NCCCCC(NC(=O)CNC(=O)CCc1ccccc1)C(=O)O. The summed E-state index contributed by atoms with van der Waals surface area (Å²) in [5, 5.41) is 14.0. The van der Waals surface area contributed by atoms with Crippen LogP contribution in [0.1, 0.15) is 31.2 Å². The Bertz CT molecular complexity index is 534. The second-order valence-corrected chi connectivity index (χ2v) is 5.51. The number of aryl methyl sites for hydroxylation is 1. The number of rotatable bonds is 11. The molecule has 0 aliphatic rings. The molecule has 0 bridgehead atoms. The molecule has 1 atom stereocenters. The molecule has 0 aliphatic heterocycles. The lowest BCUT2D eigenvalue weighted by Gasteiger charge is -2.14. The van der Waals surface area contributed by atoms with Crippen molar-refractivity contribution in [3.8, 4) is 0 Å². The molecule has 0 spiro atoms. The van der Waals surface area contributed by atoms with E-state index in [0.717, 1.165) is 5.56 Å². The van der Waals surface area contributed by atoms with Crippen molar-refractivity contribution in [1.29, 1.82) is 0 Å². The lowest BCUT2D eigenvalue weighted by Crippen LogP contribution is -2.45. The smallest absolute Gasteiger partial charge is 0.326 e. The van der Waals surface area contributed by atoms with Crippen LogP contribution in [0.15, 0.2) is 30.3 Å². The Morgan fingerprint density at radius 3 is 2.42 bits per heavy atom. The zero-order valence-electron chi connectivity index (χ0n) is 13.7. The molecular formula is C17H25N3O4. The van der Waals surface area contributed by atoms with Crippen LogP contribution in [-0.2, 0) is 20.8 Å². The predicted molar refractivity (Wildman–Crippen MR) is 90.2 cm³/mol. The summed E-state index contributed by atoms with van der Waals surface area (Å²) in [7, 11) is 0. The number of nitrogens with two attached hydrogens (primary N) is 1. The van der Waals surface area contributed by atoms with E-state index in [1.165, 1.54) is 0 Å². The first kappa shape index (κ1) is 19.6. The maximum Gasteiger partial charge on any atom is 0.326 e.